The fourth-order valence-corrected chi connectivity index (χ4v) is 3.53. The third-order valence-electron chi connectivity index (χ3n) is 5.27. The first-order chi connectivity index (χ1) is 14.6. The van der Waals surface area contributed by atoms with Crippen LogP contribution >= 0.6 is 0 Å². The number of nitrogens with zero attached hydrogens (tertiary/aromatic N) is 6. The van der Waals surface area contributed by atoms with E-state index in [0.29, 0.717) is 25.4 Å². The molecule has 0 spiro atoms. The number of carbonyl (C=O) groups is 1. The maximum Gasteiger partial charge on any atom is 0.263 e. The van der Waals surface area contributed by atoms with Gasteiger partial charge in [0.05, 0.1) is 12.2 Å². The van der Waals surface area contributed by atoms with E-state index in [0.717, 1.165) is 24.6 Å². The Labute approximate surface area is 176 Å². The lowest BCUT2D eigenvalue weighted by Crippen LogP contribution is -2.51. The summed E-state index contributed by atoms with van der Waals surface area (Å²) in [5.41, 5.74) is 2.14. The molecule has 8 heteroatoms. The third-order valence-corrected chi connectivity index (χ3v) is 5.27. The number of rotatable bonds is 6. The van der Waals surface area contributed by atoms with Crippen molar-refractivity contribution in [1.29, 1.82) is 0 Å². The second-order valence-corrected chi connectivity index (χ2v) is 7.52. The summed E-state index contributed by atoms with van der Waals surface area (Å²) in [6, 6.07) is 17.6. The average molecular weight is 406 g/mol. The Morgan fingerprint density at radius 3 is 2.43 bits per heavy atom. The van der Waals surface area contributed by atoms with Gasteiger partial charge in [0.1, 0.15) is 5.75 Å². The van der Waals surface area contributed by atoms with Gasteiger partial charge < -0.3 is 9.64 Å². The molecule has 2 aromatic carbocycles. The minimum atomic E-state index is -0.507. The molecule has 0 radical (unpaired) electrons. The zero-order chi connectivity index (χ0) is 20.9. The van der Waals surface area contributed by atoms with E-state index >= 15 is 0 Å². The van der Waals surface area contributed by atoms with E-state index in [2.05, 4.69) is 27.3 Å². The number of piperazine rings is 1. The molecule has 0 bridgehead atoms. The number of para-hydroxylation sites is 1. The van der Waals surface area contributed by atoms with Crippen molar-refractivity contribution in [3.8, 4) is 11.4 Å². The second-order valence-electron chi connectivity index (χ2n) is 7.52. The third kappa shape index (κ3) is 4.65. The van der Waals surface area contributed by atoms with Crippen LogP contribution in [0.2, 0.25) is 0 Å². The Balaban J connectivity index is 1.32. The normalized spacial score (nSPS) is 15.7. The van der Waals surface area contributed by atoms with E-state index in [1.54, 1.807) is 11.6 Å². The standard InChI is InChI=1S/C22H26N6O2/c1-17-8-10-19(11-9-17)28-21(23-24-25-28)16-26-12-14-27(15-13-26)22(29)18(2)30-20-6-4-3-5-7-20/h3-11,18H,12-16H2,1-2H3. The molecule has 0 aliphatic carbocycles. The fraction of sp³-hybridized carbons (Fsp3) is 0.364. The molecule has 1 amide bonds. The molecule has 1 saturated heterocycles. The van der Waals surface area contributed by atoms with Crippen LogP contribution in [0.15, 0.2) is 54.6 Å². The summed E-state index contributed by atoms with van der Waals surface area (Å²) in [5.74, 6) is 1.52. The molecule has 0 saturated carbocycles. The Morgan fingerprint density at radius 1 is 1.03 bits per heavy atom. The van der Waals surface area contributed by atoms with E-state index in [1.165, 1.54) is 5.56 Å². The molecular formula is C22H26N6O2. The number of amides is 1. The van der Waals surface area contributed by atoms with Crippen molar-refractivity contribution in [2.75, 3.05) is 26.2 Å². The summed E-state index contributed by atoms with van der Waals surface area (Å²) in [5, 5.41) is 12.2. The molecule has 1 aromatic heterocycles. The fourth-order valence-electron chi connectivity index (χ4n) is 3.53. The lowest BCUT2D eigenvalue weighted by molar-refractivity contribution is -0.139. The smallest absolute Gasteiger partial charge is 0.263 e. The number of aromatic nitrogens is 4. The van der Waals surface area contributed by atoms with Crippen LogP contribution in [0.3, 0.4) is 0 Å². The Bertz CT molecular complexity index is 965. The number of aryl methyl sites for hydroxylation is 1. The molecular weight excluding hydrogens is 380 g/mol. The van der Waals surface area contributed by atoms with Gasteiger partial charge in [0, 0.05) is 26.2 Å². The predicted molar refractivity (Wildman–Crippen MR) is 112 cm³/mol. The lowest BCUT2D eigenvalue weighted by Gasteiger charge is -2.35. The van der Waals surface area contributed by atoms with Gasteiger partial charge in [0.2, 0.25) is 0 Å². The first-order valence-corrected chi connectivity index (χ1v) is 10.2. The largest absolute Gasteiger partial charge is 0.481 e. The van der Waals surface area contributed by atoms with E-state index in [1.807, 2.05) is 59.5 Å². The molecule has 0 N–H and O–H groups in total. The highest BCUT2D eigenvalue weighted by Crippen LogP contribution is 2.15. The first kappa shape index (κ1) is 20.0. The quantitative estimate of drug-likeness (QED) is 0.624. The van der Waals surface area contributed by atoms with Crippen molar-refractivity contribution in [3.63, 3.8) is 0 Å². The molecule has 156 valence electrons. The summed E-state index contributed by atoms with van der Waals surface area (Å²) in [6.45, 7) is 7.35. The van der Waals surface area contributed by atoms with Crippen LogP contribution in [-0.4, -0.2) is 68.2 Å². The zero-order valence-corrected chi connectivity index (χ0v) is 17.3. The van der Waals surface area contributed by atoms with Gasteiger partial charge >= 0.3 is 0 Å². The van der Waals surface area contributed by atoms with Crippen LogP contribution in [0.1, 0.15) is 18.3 Å². The zero-order valence-electron chi connectivity index (χ0n) is 17.3. The Kier molecular flexibility index (Phi) is 6.04. The average Bonchev–Trinajstić information content (AvgIpc) is 3.23. The van der Waals surface area contributed by atoms with Gasteiger partial charge in [-0.2, -0.15) is 4.68 Å². The van der Waals surface area contributed by atoms with Gasteiger partial charge in [-0.3, -0.25) is 9.69 Å². The molecule has 1 fully saturated rings. The minimum absolute atomic E-state index is 0.0167. The van der Waals surface area contributed by atoms with Crippen LogP contribution in [0.25, 0.3) is 5.69 Å². The first-order valence-electron chi connectivity index (χ1n) is 10.2. The highest BCUT2D eigenvalue weighted by molar-refractivity contribution is 5.81. The highest BCUT2D eigenvalue weighted by atomic mass is 16.5. The predicted octanol–water partition coefficient (Wildman–Crippen LogP) is 2.08. The van der Waals surface area contributed by atoms with Crippen LogP contribution in [-0.2, 0) is 11.3 Å². The number of hydrogen-bond acceptors (Lipinski definition) is 6. The molecule has 1 atom stereocenters. The minimum Gasteiger partial charge on any atom is -0.481 e. The summed E-state index contributed by atoms with van der Waals surface area (Å²) in [4.78, 5) is 16.9. The summed E-state index contributed by atoms with van der Waals surface area (Å²) in [7, 11) is 0. The van der Waals surface area contributed by atoms with E-state index in [4.69, 9.17) is 4.74 Å². The summed E-state index contributed by atoms with van der Waals surface area (Å²) in [6.07, 6.45) is -0.507. The Morgan fingerprint density at radius 2 is 1.73 bits per heavy atom. The number of benzene rings is 2. The van der Waals surface area contributed by atoms with Crippen molar-refractivity contribution in [3.05, 3.63) is 66.0 Å². The SMILES string of the molecule is Cc1ccc(-n2nnnc2CN2CCN(C(=O)C(C)Oc3ccccc3)CC2)cc1. The molecule has 1 aliphatic heterocycles. The number of tetrazole rings is 1. The van der Waals surface area contributed by atoms with Gasteiger partial charge in [-0.25, -0.2) is 0 Å². The van der Waals surface area contributed by atoms with E-state index < -0.39 is 6.10 Å². The number of carbonyl (C=O) groups excluding carboxylic acids is 1. The lowest BCUT2D eigenvalue weighted by atomic mass is 10.2. The van der Waals surface area contributed by atoms with Crippen molar-refractivity contribution in [2.45, 2.75) is 26.5 Å². The molecule has 4 rings (SSSR count). The maximum absolute atomic E-state index is 12.7. The van der Waals surface area contributed by atoms with Crippen molar-refractivity contribution in [1.82, 2.24) is 30.0 Å². The van der Waals surface area contributed by atoms with Crippen molar-refractivity contribution < 1.29 is 9.53 Å². The Hall–Kier alpha value is -3.26. The van der Waals surface area contributed by atoms with Gasteiger partial charge in [-0.1, -0.05) is 35.9 Å². The van der Waals surface area contributed by atoms with Gasteiger partial charge in [0.15, 0.2) is 11.9 Å². The van der Waals surface area contributed by atoms with Crippen LogP contribution < -0.4 is 4.74 Å². The van der Waals surface area contributed by atoms with E-state index in [9.17, 15) is 4.79 Å². The maximum atomic E-state index is 12.7. The highest BCUT2D eigenvalue weighted by Gasteiger charge is 2.27. The molecule has 3 aromatic rings. The van der Waals surface area contributed by atoms with Gasteiger partial charge in [-0.05, 0) is 48.5 Å². The monoisotopic (exact) mass is 406 g/mol. The van der Waals surface area contributed by atoms with E-state index in [-0.39, 0.29) is 5.91 Å². The molecule has 30 heavy (non-hydrogen) atoms. The molecule has 2 heterocycles. The van der Waals surface area contributed by atoms with Crippen molar-refractivity contribution >= 4 is 5.91 Å². The number of hydrogen-bond donors (Lipinski definition) is 0. The van der Waals surface area contributed by atoms with Gasteiger partial charge in [-0.15, -0.1) is 5.10 Å². The molecule has 1 aliphatic rings. The summed E-state index contributed by atoms with van der Waals surface area (Å²) >= 11 is 0. The molecule has 8 nitrogen and oxygen atoms in total. The van der Waals surface area contributed by atoms with Gasteiger partial charge in [0.25, 0.3) is 5.91 Å². The van der Waals surface area contributed by atoms with Crippen LogP contribution in [0.4, 0.5) is 0 Å². The van der Waals surface area contributed by atoms with Crippen LogP contribution in [0.5, 0.6) is 5.75 Å². The summed E-state index contributed by atoms with van der Waals surface area (Å²) < 4.78 is 7.55. The molecule has 1 unspecified atom stereocenters. The van der Waals surface area contributed by atoms with Crippen LogP contribution in [0, 0.1) is 6.92 Å². The second kappa shape index (κ2) is 9.04. The number of ether oxygens (including phenoxy) is 1. The van der Waals surface area contributed by atoms with Crippen molar-refractivity contribution in [2.24, 2.45) is 0 Å². The topological polar surface area (TPSA) is 76.4 Å².